The molecule has 0 aliphatic heterocycles. The molecule has 4 heteroatoms. The minimum absolute atomic E-state index is 0.359. The SMILES string of the molecule is CCCCN(CC)C1CCC(N)(C(=O)O)C1. The van der Waals surface area contributed by atoms with Gasteiger partial charge in [-0.25, -0.2) is 0 Å². The van der Waals surface area contributed by atoms with Crippen LogP contribution < -0.4 is 5.73 Å². The van der Waals surface area contributed by atoms with Crippen LogP contribution in [-0.4, -0.2) is 40.6 Å². The topological polar surface area (TPSA) is 66.6 Å². The molecule has 2 unspecified atom stereocenters. The molecular weight excluding hydrogens is 204 g/mol. The molecule has 0 aromatic carbocycles. The summed E-state index contributed by atoms with van der Waals surface area (Å²) in [6.45, 7) is 6.35. The second kappa shape index (κ2) is 5.64. The van der Waals surface area contributed by atoms with Gasteiger partial charge in [0.15, 0.2) is 0 Å². The van der Waals surface area contributed by atoms with E-state index in [2.05, 4.69) is 18.7 Å². The molecule has 0 radical (unpaired) electrons. The first-order valence-electron chi connectivity index (χ1n) is 6.29. The van der Waals surface area contributed by atoms with Crippen molar-refractivity contribution in [3.8, 4) is 0 Å². The van der Waals surface area contributed by atoms with Gasteiger partial charge in [-0.15, -0.1) is 0 Å². The molecule has 94 valence electrons. The van der Waals surface area contributed by atoms with Gasteiger partial charge >= 0.3 is 5.97 Å². The van der Waals surface area contributed by atoms with E-state index in [-0.39, 0.29) is 0 Å². The highest BCUT2D eigenvalue weighted by molar-refractivity contribution is 5.79. The van der Waals surface area contributed by atoms with E-state index in [4.69, 9.17) is 10.8 Å². The molecule has 16 heavy (non-hydrogen) atoms. The highest BCUT2D eigenvalue weighted by Gasteiger charge is 2.43. The zero-order valence-corrected chi connectivity index (χ0v) is 10.4. The van der Waals surface area contributed by atoms with Crippen LogP contribution in [0.5, 0.6) is 0 Å². The number of aliphatic carboxylic acids is 1. The lowest BCUT2D eigenvalue weighted by Crippen LogP contribution is -2.47. The van der Waals surface area contributed by atoms with E-state index in [1.165, 1.54) is 12.8 Å². The van der Waals surface area contributed by atoms with Crippen LogP contribution in [0.3, 0.4) is 0 Å². The Kier molecular flexibility index (Phi) is 4.74. The minimum Gasteiger partial charge on any atom is -0.480 e. The molecule has 0 amide bonds. The van der Waals surface area contributed by atoms with Crippen LogP contribution in [0.2, 0.25) is 0 Å². The highest BCUT2D eigenvalue weighted by atomic mass is 16.4. The predicted molar refractivity (Wildman–Crippen MR) is 64.3 cm³/mol. The van der Waals surface area contributed by atoms with Crippen LogP contribution in [0.15, 0.2) is 0 Å². The third kappa shape index (κ3) is 2.95. The Morgan fingerprint density at radius 1 is 1.56 bits per heavy atom. The van der Waals surface area contributed by atoms with Gasteiger partial charge in [0.25, 0.3) is 0 Å². The first-order valence-corrected chi connectivity index (χ1v) is 6.29. The third-order valence-corrected chi connectivity index (χ3v) is 3.67. The summed E-state index contributed by atoms with van der Waals surface area (Å²) in [5, 5.41) is 9.08. The Morgan fingerprint density at radius 3 is 2.69 bits per heavy atom. The van der Waals surface area contributed by atoms with Gasteiger partial charge in [0.05, 0.1) is 0 Å². The molecule has 1 aliphatic rings. The number of carbonyl (C=O) groups is 1. The molecule has 1 fully saturated rings. The minimum atomic E-state index is -0.982. The molecular formula is C12H24N2O2. The zero-order chi connectivity index (χ0) is 12.2. The summed E-state index contributed by atoms with van der Waals surface area (Å²) >= 11 is 0. The average molecular weight is 228 g/mol. The van der Waals surface area contributed by atoms with Gasteiger partial charge in [-0.3, -0.25) is 4.79 Å². The maximum atomic E-state index is 11.1. The number of nitrogens with two attached hydrogens (primary N) is 1. The standard InChI is InChI=1S/C12H24N2O2/c1-3-5-8-14(4-2)10-6-7-12(13,9-10)11(15)16/h10H,3-9,13H2,1-2H3,(H,15,16). The first kappa shape index (κ1) is 13.5. The van der Waals surface area contributed by atoms with Crippen molar-refractivity contribution in [3.63, 3.8) is 0 Å². The van der Waals surface area contributed by atoms with E-state index in [0.717, 1.165) is 19.5 Å². The van der Waals surface area contributed by atoms with Crippen molar-refractivity contribution < 1.29 is 9.90 Å². The zero-order valence-electron chi connectivity index (χ0n) is 10.4. The molecule has 2 atom stereocenters. The van der Waals surface area contributed by atoms with Crippen molar-refractivity contribution in [1.29, 1.82) is 0 Å². The molecule has 1 aliphatic carbocycles. The van der Waals surface area contributed by atoms with Crippen LogP contribution in [0, 0.1) is 0 Å². The Bertz CT molecular complexity index is 245. The molecule has 0 saturated heterocycles. The lowest BCUT2D eigenvalue weighted by Gasteiger charge is -2.28. The molecule has 0 bridgehead atoms. The van der Waals surface area contributed by atoms with Crippen LogP contribution in [0.4, 0.5) is 0 Å². The van der Waals surface area contributed by atoms with Gasteiger partial charge in [-0.2, -0.15) is 0 Å². The van der Waals surface area contributed by atoms with E-state index in [1.54, 1.807) is 0 Å². The van der Waals surface area contributed by atoms with E-state index in [1.807, 2.05) is 0 Å². The van der Waals surface area contributed by atoms with E-state index >= 15 is 0 Å². The summed E-state index contributed by atoms with van der Waals surface area (Å²) in [7, 11) is 0. The molecule has 1 rings (SSSR count). The van der Waals surface area contributed by atoms with E-state index < -0.39 is 11.5 Å². The fourth-order valence-corrected chi connectivity index (χ4v) is 2.51. The van der Waals surface area contributed by atoms with Gasteiger partial charge in [0.2, 0.25) is 0 Å². The number of nitrogens with zero attached hydrogens (tertiary/aromatic N) is 1. The Labute approximate surface area is 97.8 Å². The van der Waals surface area contributed by atoms with Crippen LogP contribution >= 0.6 is 0 Å². The maximum Gasteiger partial charge on any atom is 0.323 e. The van der Waals surface area contributed by atoms with Crippen LogP contribution in [-0.2, 0) is 4.79 Å². The molecule has 0 spiro atoms. The molecule has 0 aromatic rings. The Hall–Kier alpha value is -0.610. The summed E-state index contributed by atoms with van der Waals surface area (Å²) in [5.74, 6) is -0.846. The quantitative estimate of drug-likeness (QED) is 0.722. The Balaban J connectivity index is 2.53. The summed E-state index contributed by atoms with van der Waals surface area (Å²) in [6, 6.07) is 0.359. The monoisotopic (exact) mass is 228 g/mol. The number of unbranched alkanes of at least 4 members (excludes halogenated alkanes) is 1. The predicted octanol–water partition coefficient (Wildman–Crippen LogP) is 1.44. The van der Waals surface area contributed by atoms with Crippen molar-refractivity contribution in [2.45, 2.75) is 57.5 Å². The number of carboxylic acids is 1. The lowest BCUT2D eigenvalue weighted by atomic mass is 9.99. The summed E-state index contributed by atoms with van der Waals surface area (Å²) < 4.78 is 0. The summed E-state index contributed by atoms with van der Waals surface area (Å²) in [4.78, 5) is 13.4. The van der Waals surface area contributed by atoms with E-state index in [9.17, 15) is 4.79 Å². The molecule has 0 aromatic heterocycles. The normalized spacial score (nSPS) is 29.9. The molecule has 4 nitrogen and oxygen atoms in total. The summed E-state index contributed by atoms with van der Waals surface area (Å²) in [6.07, 6.45) is 4.47. The highest BCUT2D eigenvalue weighted by Crippen LogP contribution is 2.31. The third-order valence-electron chi connectivity index (χ3n) is 3.67. The summed E-state index contributed by atoms with van der Waals surface area (Å²) in [5.41, 5.74) is 4.91. The first-order chi connectivity index (χ1) is 7.53. The van der Waals surface area contributed by atoms with Gasteiger partial charge in [-0.05, 0) is 38.8 Å². The van der Waals surface area contributed by atoms with Gasteiger partial charge < -0.3 is 15.7 Å². The molecule has 0 heterocycles. The van der Waals surface area contributed by atoms with E-state index in [0.29, 0.717) is 18.9 Å². The lowest BCUT2D eigenvalue weighted by molar-refractivity contribution is -0.143. The number of rotatable bonds is 6. The van der Waals surface area contributed by atoms with Gasteiger partial charge in [-0.1, -0.05) is 20.3 Å². The number of hydrogen-bond donors (Lipinski definition) is 2. The fourth-order valence-electron chi connectivity index (χ4n) is 2.51. The fraction of sp³-hybridized carbons (Fsp3) is 0.917. The molecule has 3 N–H and O–H groups in total. The van der Waals surface area contributed by atoms with Crippen molar-refractivity contribution in [2.75, 3.05) is 13.1 Å². The largest absolute Gasteiger partial charge is 0.480 e. The average Bonchev–Trinajstić information content (AvgIpc) is 2.64. The van der Waals surface area contributed by atoms with Crippen molar-refractivity contribution >= 4 is 5.97 Å². The van der Waals surface area contributed by atoms with Crippen LogP contribution in [0.1, 0.15) is 46.0 Å². The van der Waals surface area contributed by atoms with Crippen molar-refractivity contribution in [2.24, 2.45) is 5.73 Å². The van der Waals surface area contributed by atoms with Crippen molar-refractivity contribution in [3.05, 3.63) is 0 Å². The second-order valence-corrected chi connectivity index (χ2v) is 4.84. The number of hydrogen-bond acceptors (Lipinski definition) is 3. The van der Waals surface area contributed by atoms with Crippen molar-refractivity contribution in [1.82, 2.24) is 4.90 Å². The maximum absolute atomic E-state index is 11.1. The number of carboxylic acid groups (broad SMARTS) is 1. The second-order valence-electron chi connectivity index (χ2n) is 4.84. The smallest absolute Gasteiger partial charge is 0.323 e. The van der Waals surface area contributed by atoms with Gasteiger partial charge in [0, 0.05) is 6.04 Å². The van der Waals surface area contributed by atoms with Gasteiger partial charge in [0.1, 0.15) is 5.54 Å². The van der Waals surface area contributed by atoms with Crippen LogP contribution in [0.25, 0.3) is 0 Å². The molecule has 1 saturated carbocycles. The Morgan fingerprint density at radius 2 is 2.25 bits per heavy atom.